The van der Waals surface area contributed by atoms with Crippen LogP contribution in [0.2, 0.25) is 0 Å². The molecule has 15 aromatic rings. The number of hydrogen-bond donors (Lipinski definition) is 0. The minimum absolute atomic E-state index is 0.431. The molecular formula is C75H50N2O2. The Morgan fingerprint density at radius 2 is 0.722 bits per heavy atom. The van der Waals surface area contributed by atoms with Crippen LogP contribution in [0.15, 0.2) is 276 Å². The molecule has 79 heavy (non-hydrogen) atoms. The molecule has 2 heterocycles. The van der Waals surface area contributed by atoms with E-state index in [9.17, 15) is 0 Å². The van der Waals surface area contributed by atoms with Crippen molar-refractivity contribution in [2.75, 3.05) is 9.80 Å². The number of rotatable bonds is 8. The van der Waals surface area contributed by atoms with Crippen molar-refractivity contribution in [2.24, 2.45) is 0 Å². The van der Waals surface area contributed by atoms with E-state index in [-0.39, 0.29) is 0 Å². The van der Waals surface area contributed by atoms with Crippen LogP contribution in [0.5, 0.6) is 0 Å². The Balaban J connectivity index is 0.938. The summed E-state index contributed by atoms with van der Waals surface area (Å²) in [4.78, 5) is 4.84. The average molecular weight is 1010 g/mol. The summed E-state index contributed by atoms with van der Waals surface area (Å²) in [5.41, 5.74) is 19.0. The normalized spacial score (nSPS) is 12.8. The Labute approximate surface area is 457 Å². The lowest BCUT2D eigenvalue weighted by Crippen LogP contribution is -2.17. The van der Waals surface area contributed by atoms with Gasteiger partial charge in [0.05, 0.1) is 17.1 Å². The molecule has 1 aliphatic rings. The van der Waals surface area contributed by atoms with Crippen LogP contribution >= 0.6 is 0 Å². The molecule has 0 N–H and O–H groups in total. The van der Waals surface area contributed by atoms with Crippen LogP contribution < -0.4 is 9.80 Å². The van der Waals surface area contributed by atoms with Crippen molar-refractivity contribution in [2.45, 2.75) is 19.3 Å². The topological polar surface area (TPSA) is 32.8 Å². The molecule has 372 valence electrons. The Bertz CT molecular complexity index is 4950. The lowest BCUT2D eigenvalue weighted by Gasteiger charge is -2.30. The van der Waals surface area contributed by atoms with Gasteiger partial charge in [0, 0.05) is 49.4 Å². The SMILES string of the molecule is CC1(C)c2cc(N(c3cccc(-c4ccccc4)c3)c3cccc4c3oc3ccccc34)c3ccccc3c2-c2c1c1ccc(N(c3cccc(-c4ccccc4)c3)c3cccc4c3oc3ccccc34)cc1c1ccccc21. The van der Waals surface area contributed by atoms with Gasteiger partial charge in [-0.05, 0) is 138 Å². The minimum Gasteiger partial charge on any atom is -0.454 e. The van der Waals surface area contributed by atoms with E-state index < -0.39 is 5.41 Å². The van der Waals surface area contributed by atoms with E-state index in [1.165, 1.54) is 60.3 Å². The maximum atomic E-state index is 6.91. The molecule has 0 amide bonds. The smallest absolute Gasteiger partial charge is 0.159 e. The third-order valence-corrected chi connectivity index (χ3v) is 16.8. The Hall–Kier alpha value is -10.2. The predicted octanol–water partition coefficient (Wildman–Crippen LogP) is 21.5. The van der Waals surface area contributed by atoms with E-state index in [0.29, 0.717) is 0 Å². The first-order valence-corrected chi connectivity index (χ1v) is 27.2. The van der Waals surface area contributed by atoms with Gasteiger partial charge in [-0.25, -0.2) is 0 Å². The van der Waals surface area contributed by atoms with Gasteiger partial charge in [-0.1, -0.05) is 214 Å². The third-order valence-electron chi connectivity index (χ3n) is 16.8. The second kappa shape index (κ2) is 17.4. The number of furan rings is 2. The van der Waals surface area contributed by atoms with Gasteiger partial charge in [-0.3, -0.25) is 0 Å². The molecule has 2 aromatic heterocycles. The van der Waals surface area contributed by atoms with Crippen molar-refractivity contribution in [3.8, 4) is 33.4 Å². The van der Waals surface area contributed by atoms with Crippen molar-refractivity contribution >= 4 is 110 Å². The number of anilines is 6. The fourth-order valence-electron chi connectivity index (χ4n) is 13.2. The van der Waals surface area contributed by atoms with Gasteiger partial charge < -0.3 is 18.6 Å². The first-order valence-electron chi connectivity index (χ1n) is 27.2. The third kappa shape index (κ3) is 6.87. The van der Waals surface area contributed by atoms with E-state index in [4.69, 9.17) is 8.83 Å². The van der Waals surface area contributed by atoms with E-state index in [0.717, 1.165) is 94.5 Å². The predicted molar refractivity (Wildman–Crippen MR) is 331 cm³/mol. The van der Waals surface area contributed by atoms with Crippen molar-refractivity contribution < 1.29 is 8.83 Å². The van der Waals surface area contributed by atoms with Gasteiger partial charge in [-0.2, -0.15) is 0 Å². The summed E-state index contributed by atoms with van der Waals surface area (Å²) < 4.78 is 13.7. The minimum atomic E-state index is -0.431. The van der Waals surface area contributed by atoms with Gasteiger partial charge >= 0.3 is 0 Å². The second-order valence-electron chi connectivity index (χ2n) is 21.5. The van der Waals surface area contributed by atoms with Crippen LogP contribution in [0.25, 0.3) is 110 Å². The zero-order chi connectivity index (χ0) is 52.3. The summed E-state index contributed by atoms with van der Waals surface area (Å²) in [7, 11) is 0. The van der Waals surface area contributed by atoms with E-state index in [1.807, 2.05) is 6.07 Å². The van der Waals surface area contributed by atoms with Crippen LogP contribution in [0, 0.1) is 0 Å². The van der Waals surface area contributed by atoms with Crippen molar-refractivity contribution in [1.29, 1.82) is 0 Å². The van der Waals surface area contributed by atoms with Crippen LogP contribution in [0.4, 0.5) is 34.1 Å². The molecule has 4 nitrogen and oxygen atoms in total. The first-order chi connectivity index (χ1) is 39.0. The van der Waals surface area contributed by atoms with Gasteiger partial charge in [0.2, 0.25) is 0 Å². The summed E-state index contributed by atoms with van der Waals surface area (Å²) in [6, 6.07) is 96.8. The monoisotopic (exact) mass is 1010 g/mol. The Morgan fingerprint density at radius 3 is 1.32 bits per heavy atom. The molecule has 0 aliphatic heterocycles. The van der Waals surface area contributed by atoms with Gasteiger partial charge in [0.15, 0.2) is 11.2 Å². The Kier molecular flexibility index (Phi) is 9.95. The molecule has 0 unspecified atom stereocenters. The van der Waals surface area contributed by atoms with Crippen molar-refractivity contribution in [1.82, 2.24) is 0 Å². The molecule has 0 spiro atoms. The van der Waals surface area contributed by atoms with E-state index >= 15 is 0 Å². The van der Waals surface area contributed by atoms with Crippen LogP contribution in [-0.4, -0.2) is 0 Å². The molecule has 0 saturated carbocycles. The van der Waals surface area contributed by atoms with Crippen molar-refractivity contribution in [3.05, 3.63) is 278 Å². The molecule has 4 heteroatoms. The average Bonchev–Trinajstić information content (AvgIpc) is 4.06. The van der Waals surface area contributed by atoms with E-state index in [1.54, 1.807) is 0 Å². The maximum Gasteiger partial charge on any atom is 0.159 e. The van der Waals surface area contributed by atoms with Crippen molar-refractivity contribution in [3.63, 3.8) is 0 Å². The fraction of sp³-hybridized carbons (Fsp3) is 0.0400. The molecule has 0 bridgehead atoms. The highest BCUT2D eigenvalue weighted by molar-refractivity contribution is 6.24. The second-order valence-corrected chi connectivity index (χ2v) is 21.5. The molecule has 0 atom stereocenters. The molecular weight excluding hydrogens is 961 g/mol. The fourth-order valence-corrected chi connectivity index (χ4v) is 13.2. The molecule has 0 saturated heterocycles. The molecule has 16 rings (SSSR count). The van der Waals surface area contributed by atoms with Crippen LogP contribution in [-0.2, 0) is 5.41 Å². The van der Waals surface area contributed by atoms with Gasteiger partial charge in [0.25, 0.3) is 0 Å². The summed E-state index contributed by atoms with van der Waals surface area (Å²) in [6.45, 7) is 4.87. The number of fused-ring (bicyclic) bond motifs is 16. The summed E-state index contributed by atoms with van der Waals surface area (Å²) in [5.74, 6) is 0. The lowest BCUT2D eigenvalue weighted by atomic mass is 9.79. The lowest BCUT2D eigenvalue weighted by molar-refractivity contribution is 0.666. The number of benzene rings is 13. The molecule has 1 aliphatic carbocycles. The molecule has 0 fully saturated rings. The highest BCUT2D eigenvalue weighted by Gasteiger charge is 2.41. The summed E-state index contributed by atoms with van der Waals surface area (Å²) in [6.07, 6.45) is 0. The van der Waals surface area contributed by atoms with E-state index in [2.05, 4.69) is 285 Å². The highest BCUT2D eigenvalue weighted by Crippen LogP contribution is 2.59. The van der Waals surface area contributed by atoms with Crippen LogP contribution in [0.1, 0.15) is 25.0 Å². The number of hydrogen-bond acceptors (Lipinski definition) is 4. The largest absolute Gasteiger partial charge is 0.454 e. The van der Waals surface area contributed by atoms with Gasteiger partial charge in [0.1, 0.15) is 11.2 Å². The molecule has 0 radical (unpaired) electrons. The first kappa shape index (κ1) is 45.1. The standard InChI is InChI=1S/C75H50N2O2/c1-75(2)64-46-67(77(52-28-18-26-50(44-52)48-23-7-4-8-24-48)66-38-20-36-62-57-32-14-16-40-69(57)79-74(62)66)55-30-10-12-34-59(55)70(64)71-58-33-11-9-29-54(58)63-45-53(41-42-60(63)72(71)75)76(51-27-17-25-49(43-51)47-21-5-3-6-22-47)65-37-19-35-61-56-31-13-15-39-68(56)78-73(61)65/h3-46H,1-2H3. The number of para-hydroxylation sites is 4. The van der Waals surface area contributed by atoms with Gasteiger partial charge in [-0.15, -0.1) is 0 Å². The van der Waals surface area contributed by atoms with Crippen LogP contribution in [0.3, 0.4) is 0 Å². The zero-order valence-electron chi connectivity index (χ0n) is 43.6. The quantitative estimate of drug-likeness (QED) is 0.142. The zero-order valence-corrected chi connectivity index (χ0v) is 43.6. The molecule has 13 aromatic carbocycles. The highest BCUT2D eigenvalue weighted by atomic mass is 16.3. The summed E-state index contributed by atoms with van der Waals surface area (Å²) in [5, 5.41) is 11.7. The summed E-state index contributed by atoms with van der Waals surface area (Å²) >= 11 is 0. The maximum absolute atomic E-state index is 6.91. The Morgan fingerprint density at radius 1 is 0.278 bits per heavy atom. The number of nitrogens with zero attached hydrogens (tertiary/aromatic N) is 2.